The Morgan fingerprint density at radius 3 is 2.54 bits per heavy atom. The summed E-state index contributed by atoms with van der Waals surface area (Å²) in [5.74, 6) is -1.89. The van der Waals surface area contributed by atoms with Crippen molar-refractivity contribution >= 4 is 40.8 Å². The number of hydrazone groups is 1. The Hall–Kier alpha value is -3.13. The van der Waals surface area contributed by atoms with E-state index in [1.807, 2.05) is 30.3 Å². The molecule has 1 N–H and O–H groups in total. The molecule has 0 unspecified atom stereocenters. The van der Waals surface area contributed by atoms with E-state index in [1.54, 1.807) is 18.2 Å². The molecule has 0 fully saturated rings. The van der Waals surface area contributed by atoms with Gasteiger partial charge in [-0.2, -0.15) is 18.3 Å². The van der Waals surface area contributed by atoms with Gasteiger partial charge in [0.2, 0.25) is 5.82 Å². The molecule has 9 heteroatoms. The van der Waals surface area contributed by atoms with E-state index >= 15 is 0 Å². The first-order valence-electron chi connectivity index (χ1n) is 8.11. The maximum Gasteiger partial charge on any atom is 0.449 e. The molecule has 28 heavy (non-hydrogen) atoms. The Kier molecular flexibility index (Phi) is 5.79. The summed E-state index contributed by atoms with van der Waals surface area (Å²) in [6.07, 6.45) is -1.87. The zero-order valence-electron chi connectivity index (χ0n) is 14.3. The molecule has 1 aromatic heterocycles. The van der Waals surface area contributed by atoms with E-state index < -0.39 is 24.5 Å². The van der Waals surface area contributed by atoms with Crippen molar-refractivity contribution < 1.29 is 18.0 Å². The highest BCUT2D eigenvalue weighted by Crippen LogP contribution is 2.31. The van der Waals surface area contributed by atoms with E-state index in [4.69, 9.17) is 11.6 Å². The molecular weight excluding hydrogens is 393 g/mol. The van der Waals surface area contributed by atoms with Gasteiger partial charge in [-0.3, -0.25) is 4.79 Å². The first kappa shape index (κ1) is 19.6. The molecule has 1 amide bonds. The lowest BCUT2D eigenvalue weighted by Crippen LogP contribution is -2.26. The summed E-state index contributed by atoms with van der Waals surface area (Å²) in [6, 6.07) is 15.3. The molecule has 2 aromatic carbocycles. The van der Waals surface area contributed by atoms with Gasteiger partial charge < -0.3 is 4.57 Å². The predicted octanol–water partition coefficient (Wildman–Crippen LogP) is 4.44. The number of nitrogens with zero attached hydrogens (tertiary/aromatic N) is 3. The number of para-hydroxylation sites is 2. The summed E-state index contributed by atoms with van der Waals surface area (Å²) in [7, 11) is 0. The number of hydrogen-bond donors (Lipinski definition) is 1. The Labute approximate surface area is 163 Å². The molecular formula is C19H14ClF3N4O. The molecule has 3 aromatic rings. The molecule has 3 rings (SSSR count). The second kappa shape index (κ2) is 8.26. The highest BCUT2D eigenvalue weighted by Gasteiger charge is 2.37. The molecule has 0 radical (unpaired) electrons. The maximum atomic E-state index is 13.2. The molecule has 0 saturated heterocycles. The van der Waals surface area contributed by atoms with Crippen LogP contribution in [0.2, 0.25) is 0 Å². The van der Waals surface area contributed by atoms with Crippen LogP contribution in [-0.4, -0.2) is 21.7 Å². The first-order chi connectivity index (χ1) is 13.3. The van der Waals surface area contributed by atoms with E-state index in [1.165, 1.54) is 18.3 Å². The average molecular weight is 407 g/mol. The van der Waals surface area contributed by atoms with Crippen LogP contribution < -0.4 is 5.43 Å². The Bertz CT molecular complexity index is 1040. The van der Waals surface area contributed by atoms with Gasteiger partial charge >= 0.3 is 6.18 Å². The van der Waals surface area contributed by atoms with Crippen molar-refractivity contribution in [3.8, 4) is 0 Å². The van der Waals surface area contributed by atoms with Crippen LogP contribution in [0, 0.1) is 0 Å². The normalized spacial score (nSPS) is 12.6. The van der Waals surface area contributed by atoms with Crippen LogP contribution in [-0.2, 0) is 17.5 Å². The van der Waals surface area contributed by atoms with E-state index in [9.17, 15) is 18.0 Å². The summed E-state index contributed by atoms with van der Waals surface area (Å²) < 4.78 is 40.5. The number of benzene rings is 2. The lowest BCUT2D eigenvalue weighted by Gasteiger charge is -2.10. The summed E-state index contributed by atoms with van der Waals surface area (Å²) >= 11 is 6.00. The van der Waals surface area contributed by atoms with Gasteiger partial charge in [-0.15, -0.1) is 0 Å². The number of carbonyl (C=O) groups excluding carboxylic acids is 1. The fourth-order valence-corrected chi connectivity index (χ4v) is 2.72. The summed E-state index contributed by atoms with van der Waals surface area (Å²) in [5, 5.41) is 3.93. The van der Waals surface area contributed by atoms with Crippen molar-refractivity contribution in [3.63, 3.8) is 0 Å². The minimum Gasteiger partial charge on any atom is -0.311 e. The van der Waals surface area contributed by atoms with Gasteiger partial charge in [0.1, 0.15) is 6.54 Å². The van der Waals surface area contributed by atoms with Crippen LogP contribution >= 0.6 is 11.6 Å². The minimum absolute atomic E-state index is 0.153. The number of alkyl halides is 3. The van der Waals surface area contributed by atoms with Gasteiger partial charge in [-0.25, -0.2) is 10.4 Å². The number of aromatic nitrogens is 2. The zero-order valence-corrected chi connectivity index (χ0v) is 15.1. The van der Waals surface area contributed by atoms with Gasteiger partial charge in [0, 0.05) is 0 Å². The number of hydrogen-bond acceptors (Lipinski definition) is 3. The third-order valence-corrected chi connectivity index (χ3v) is 3.90. The van der Waals surface area contributed by atoms with Crippen molar-refractivity contribution in [1.29, 1.82) is 0 Å². The largest absolute Gasteiger partial charge is 0.449 e. The number of nitrogens with one attached hydrogen (secondary N) is 1. The van der Waals surface area contributed by atoms with Crippen LogP contribution in [0.1, 0.15) is 11.4 Å². The van der Waals surface area contributed by atoms with Crippen molar-refractivity contribution in [2.45, 2.75) is 12.7 Å². The van der Waals surface area contributed by atoms with Crippen molar-refractivity contribution in [2.24, 2.45) is 5.10 Å². The second-order valence-corrected chi connectivity index (χ2v) is 6.18. The van der Waals surface area contributed by atoms with Crippen LogP contribution in [0.3, 0.4) is 0 Å². The van der Waals surface area contributed by atoms with Gasteiger partial charge in [0.25, 0.3) is 5.91 Å². The van der Waals surface area contributed by atoms with Crippen molar-refractivity contribution in [1.82, 2.24) is 15.0 Å². The number of allylic oxidation sites excluding steroid dienone is 1. The fourth-order valence-electron chi connectivity index (χ4n) is 2.54. The van der Waals surface area contributed by atoms with Gasteiger partial charge in [0.05, 0.1) is 22.3 Å². The Morgan fingerprint density at radius 2 is 1.82 bits per heavy atom. The van der Waals surface area contributed by atoms with Gasteiger partial charge in [-0.1, -0.05) is 54.1 Å². The number of fused-ring (bicyclic) bond motifs is 1. The minimum atomic E-state index is -4.69. The molecule has 0 aliphatic carbocycles. The lowest BCUT2D eigenvalue weighted by atomic mass is 10.2. The Morgan fingerprint density at radius 1 is 1.14 bits per heavy atom. The van der Waals surface area contributed by atoms with E-state index in [0.717, 1.165) is 10.1 Å². The molecule has 0 saturated carbocycles. The standard InChI is InChI=1S/C19H14ClF3N4O/c20-14(10-13-6-2-1-3-7-13)11-24-26-17(28)12-27-16-9-5-4-8-15(16)25-18(27)19(21,22)23/h1-11H,12H2,(H,26,28). The first-order valence-corrected chi connectivity index (χ1v) is 8.49. The highest BCUT2D eigenvalue weighted by atomic mass is 35.5. The summed E-state index contributed by atoms with van der Waals surface area (Å²) in [6.45, 7) is -0.591. The van der Waals surface area contributed by atoms with E-state index in [0.29, 0.717) is 0 Å². The number of imidazole rings is 1. The predicted molar refractivity (Wildman–Crippen MR) is 102 cm³/mol. The number of halogens is 4. The van der Waals surface area contributed by atoms with Gasteiger partial charge in [-0.05, 0) is 23.8 Å². The van der Waals surface area contributed by atoms with Crippen molar-refractivity contribution in [3.05, 3.63) is 71.0 Å². The molecule has 0 atom stereocenters. The van der Waals surface area contributed by atoms with Crippen LogP contribution in [0.25, 0.3) is 17.1 Å². The van der Waals surface area contributed by atoms with Crippen molar-refractivity contribution in [2.75, 3.05) is 0 Å². The SMILES string of the molecule is O=C(Cn1c(C(F)(F)F)nc2ccccc21)NN=CC(Cl)=Cc1ccccc1. The third kappa shape index (κ3) is 4.77. The molecule has 5 nitrogen and oxygen atoms in total. The smallest absolute Gasteiger partial charge is 0.311 e. The maximum absolute atomic E-state index is 13.2. The quantitative estimate of drug-likeness (QED) is 0.503. The molecule has 1 heterocycles. The van der Waals surface area contributed by atoms with Crippen LogP contribution in [0.4, 0.5) is 13.2 Å². The topological polar surface area (TPSA) is 59.3 Å². The van der Waals surface area contributed by atoms with E-state index in [-0.39, 0.29) is 16.1 Å². The zero-order chi connectivity index (χ0) is 20.1. The van der Waals surface area contributed by atoms with E-state index in [2.05, 4.69) is 15.5 Å². The summed E-state index contributed by atoms with van der Waals surface area (Å²) in [4.78, 5) is 15.7. The fraction of sp³-hybridized carbons (Fsp3) is 0.105. The van der Waals surface area contributed by atoms with Crippen LogP contribution in [0.15, 0.2) is 64.7 Å². The summed E-state index contributed by atoms with van der Waals surface area (Å²) in [5.41, 5.74) is 3.37. The third-order valence-electron chi connectivity index (χ3n) is 3.69. The molecule has 0 aliphatic heterocycles. The Balaban J connectivity index is 1.72. The second-order valence-electron chi connectivity index (χ2n) is 5.74. The molecule has 0 aliphatic rings. The number of rotatable bonds is 5. The number of amides is 1. The molecule has 0 bridgehead atoms. The lowest BCUT2D eigenvalue weighted by molar-refractivity contribution is -0.147. The highest BCUT2D eigenvalue weighted by molar-refractivity contribution is 6.41. The van der Waals surface area contributed by atoms with Crippen LogP contribution in [0.5, 0.6) is 0 Å². The van der Waals surface area contributed by atoms with Gasteiger partial charge in [0.15, 0.2) is 0 Å². The number of carbonyl (C=O) groups is 1. The average Bonchev–Trinajstić information content (AvgIpc) is 3.01. The molecule has 0 spiro atoms. The molecule has 144 valence electrons. The monoisotopic (exact) mass is 406 g/mol.